The lowest BCUT2D eigenvalue weighted by Gasteiger charge is -2.27. The molecule has 0 atom stereocenters. The van der Waals surface area contributed by atoms with Crippen molar-refractivity contribution in [3.63, 3.8) is 0 Å². The van der Waals surface area contributed by atoms with Crippen LogP contribution in [0.25, 0.3) is 10.4 Å². The second-order valence-electron chi connectivity index (χ2n) is 7.64. The molecule has 1 heterocycles. The fraction of sp³-hybridized carbons (Fsp3) is 0.217. The van der Waals surface area contributed by atoms with Crippen molar-refractivity contribution in [2.45, 2.75) is 33.0 Å². The first kappa shape index (κ1) is 21.5. The molecule has 3 rings (SSSR count). The third kappa shape index (κ3) is 5.46. The number of aliphatic hydroxyl groups excluding tert-OH is 1. The number of hydrogen-bond acceptors (Lipinski definition) is 5. The van der Waals surface area contributed by atoms with Crippen molar-refractivity contribution >= 4 is 29.0 Å². The molecule has 7 heteroatoms. The van der Waals surface area contributed by atoms with E-state index in [0.29, 0.717) is 16.8 Å². The van der Waals surface area contributed by atoms with Gasteiger partial charge in [0.05, 0.1) is 12.3 Å². The quantitative estimate of drug-likeness (QED) is 0.578. The van der Waals surface area contributed by atoms with Gasteiger partial charge >= 0.3 is 6.09 Å². The molecule has 30 heavy (non-hydrogen) atoms. The third-order valence-electron chi connectivity index (χ3n) is 4.12. The number of anilines is 1. The van der Waals surface area contributed by atoms with Gasteiger partial charge in [-0.1, -0.05) is 30.3 Å². The molecule has 2 amide bonds. The van der Waals surface area contributed by atoms with Crippen LogP contribution >= 0.6 is 11.3 Å². The van der Waals surface area contributed by atoms with E-state index in [2.05, 4.69) is 5.43 Å². The van der Waals surface area contributed by atoms with E-state index in [1.807, 2.05) is 29.6 Å². The van der Waals surface area contributed by atoms with Gasteiger partial charge in [-0.15, -0.1) is 11.3 Å². The number of rotatable bonds is 4. The molecule has 2 aromatic carbocycles. The van der Waals surface area contributed by atoms with Crippen LogP contribution in [0.15, 0.2) is 66.0 Å². The third-order valence-corrected chi connectivity index (χ3v) is 5.04. The van der Waals surface area contributed by atoms with Crippen molar-refractivity contribution in [2.24, 2.45) is 0 Å². The summed E-state index contributed by atoms with van der Waals surface area (Å²) in [5, 5.41) is 12.3. The molecular formula is C23H24N2O4S. The van der Waals surface area contributed by atoms with Crippen LogP contribution in [0.5, 0.6) is 0 Å². The van der Waals surface area contributed by atoms with Gasteiger partial charge in [-0.2, -0.15) is 5.01 Å². The Balaban J connectivity index is 1.86. The molecule has 0 saturated heterocycles. The highest BCUT2D eigenvalue weighted by Gasteiger charge is 2.25. The van der Waals surface area contributed by atoms with Crippen molar-refractivity contribution in [3.05, 3.63) is 77.2 Å². The SMILES string of the molecule is CC(C)(C)OC(=O)N(NC(=O)c1ccc(CO)cc1)c1ccc(-c2cccs2)cc1. The van der Waals surface area contributed by atoms with Crippen LogP contribution in [0.3, 0.4) is 0 Å². The molecule has 2 N–H and O–H groups in total. The Morgan fingerprint density at radius 3 is 2.23 bits per heavy atom. The van der Waals surface area contributed by atoms with E-state index in [1.165, 1.54) is 0 Å². The second kappa shape index (κ2) is 9.11. The smallest absolute Gasteiger partial charge is 0.434 e. The van der Waals surface area contributed by atoms with E-state index in [9.17, 15) is 9.59 Å². The number of benzene rings is 2. The zero-order valence-electron chi connectivity index (χ0n) is 17.1. The van der Waals surface area contributed by atoms with Crippen LogP contribution in [0, 0.1) is 0 Å². The first-order valence-electron chi connectivity index (χ1n) is 9.45. The number of carbonyl (C=O) groups is 2. The first-order chi connectivity index (χ1) is 14.3. The van der Waals surface area contributed by atoms with E-state index in [4.69, 9.17) is 9.84 Å². The van der Waals surface area contributed by atoms with Gasteiger partial charge in [-0.25, -0.2) is 4.79 Å². The lowest BCUT2D eigenvalue weighted by atomic mass is 10.1. The number of ether oxygens (including phenoxy) is 1. The van der Waals surface area contributed by atoms with Crippen LogP contribution in [-0.4, -0.2) is 22.7 Å². The van der Waals surface area contributed by atoms with E-state index in [0.717, 1.165) is 15.4 Å². The van der Waals surface area contributed by atoms with Crippen LogP contribution in [0.2, 0.25) is 0 Å². The Kier molecular flexibility index (Phi) is 6.54. The summed E-state index contributed by atoms with van der Waals surface area (Å²) >= 11 is 1.62. The summed E-state index contributed by atoms with van der Waals surface area (Å²) in [5.41, 5.74) is 4.45. The normalized spacial score (nSPS) is 11.1. The van der Waals surface area contributed by atoms with Gasteiger partial charge in [0.25, 0.3) is 5.91 Å². The summed E-state index contributed by atoms with van der Waals surface area (Å²) in [5.74, 6) is -0.465. The van der Waals surface area contributed by atoms with Crippen molar-refractivity contribution in [1.29, 1.82) is 0 Å². The molecule has 0 unspecified atom stereocenters. The fourth-order valence-electron chi connectivity index (χ4n) is 2.67. The number of amides is 2. The highest BCUT2D eigenvalue weighted by molar-refractivity contribution is 7.13. The molecule has 0 radical (unpaired) electrons. The molecule has 0 aliphatic heterocycles. The Morgan fingerprint density at radius 2 is 1.70 bits per heavy atom. The Hall–Kier alpha value is -3.16. The zero-order chi connectivity index (χ0) is 21.7. The second-order valence-corrected chi connectivity index (χ2v) is 8.58. The highest BCUT2D eigenvalue weighted by atomic mass is 32.1. The van der Waals surface area contributed by atoms with E-state index in [1.54, 1.807) is 68.5 Å². The van der Waals surface area contributed by atoms with Crippen molar-refractivity contribution < 1.29 is 19.4 Å². The summed E-state index contributed by atoms with van der Waals surface area (Å²) in [6.07, 6.45) is -0.688. The maximum absolute atomic E-state index is 12.8. The molecule has 0 spiro atoms. The lowest BCUT2D eigenvalue weighted by molar-refractivity contribution is 0.0548. The van der Waals surface area contributed by atoms with Crippen molar-refractivity contribution in [1.82, 2.24) is 5.43 Å². The molecule has 3 aromatic rings. The van der Waals surface area contributed by atoms with Gasteiger partial charge in [-0.05, 0) is 67.6 Å². The predicted octanol–water partition coefficient (Wildman–Crippen LogP) is 4.99. The number of hydrazine groups is 1. The topological polar surface area (TPSA) is 78.9 Å². The summed E-state index contributed by atoms with van der Waals surface area (Å²) in [7, 11) is 0. The Morgan fingerprint density at radius 1 is 1.03 bits per heavy atom. The van der Waals surface area contributed by atoms with Crippen LogP contribution < -0.4 is 10.4 Å². The lowest BCUT2D eigenvalue weighted by Crippen LogP contribution is -2.48. The molecule has 0 bridgehead atoms. The minimum Gasteiger partial charge on any atom is -0.442 e. The average Bonchev–Trinajstić information content (AvgIpc) is 3.25. The largest absolute Gasteiger partial charge is 0.442 e. The van der Waals surface area contributed by atoms with Crippen LogP contribution in [0.4, 0.5) is 10.5 Å². The van der Waals surface area contributed by atoms with Crippen molar-refractivity contribution in [3.8, 4) is 10.4 Å². The molecule has 6 nitrogen and oxygen atoms in total. The number of hydrogen-bond donors (Lipinski definition) is 2. The first-order valence-corrected chi connectivity index (χ1v) is 10.3. The summed E-state index contributed by atoms with van der Waals surface area (Å²) in [6, 6.07) is 17.8. The maximum atomic E-state index is 12.8. The van der Waals surface area contributed by atoms with E-state index >= 15 is 0 Å². The molecule has 1 aromatic heterocycles. The molecule has 0 aliphatic rings. The van der Waals surface area contributed by atoms with E-state index in [-0.39, 0.29) is 6.61 Å². The number of thiophene rings is 1. The van der Waals surface area contributed by atoms with Gasteiger partial charge in [0.2, 0.25) is 0 Å². The fourth-order valence-corrected chi connectivity index (χ4v) is 3.40. The van der Waals surface area contributed by atoms with Gasteiger partial charge in [-0.3, -0.25) is 10.2 Å². The molecule has 0 saturated carbocycles. The molecular weight excluding hydrogens is 400 g/mol. The van der Waals surface area contributed by atoms with Gasteiger partial charge in [0.15, 0.2) is 0 Å². The monoisotopic (exact) mass is 424 g/mol. The van der Waals surface area contributed by atoms with Crippen LogP contribution in [0.1, 0.15) is 36.7 Å². The molecule has 0 aliphatic carbocycles. The van der Waals surface area contributed by atoms with E-state index < -0.39 is 17.6 Å². The van der Waals surface area contributed by atoms with Gasteiger partial charge in [0, 0.05) is 10.4 Å². The van der Waals surface area contributed by atoms with Gasteiger partial charge < -0.3 is 9.84 Å². The zero-order valence-corrected chi connectivity index (χ0v) is 17.9. The number of aliphatic hydroxyl groups is 1. The Bertz CT molecular complexity index is 991. The van der Waals surface area contributed by atoms with Crippen LogP contribution in [-0.2, 0) is 11.3 Å². The summed E-state index contributed by atoms with van der Waals surface area (Å²) < 4.78 is 5.47. The minimum atomic E-state index is -0.722. The maximum Gasteiger partial charge on any atom is 0.434 e. The minimum absolute atomic E-state index is 0.109. The number of carbonyl (C=O) groups excluding carboxylic acids is 2. The molecule has 156 valence electrons. The summed E-state index contributed by atoms with van der Waals surface area (Å²) in [4.78, 5) is 26.6. The Labute approximate surface area is 179 Å². The predicted molar refractivity (Wildman–Crippen MR) is 118 cm³/mol. The van der Waals surface area contributed by atoms with Crippen molar-refractivity contribution in [2.75, 3.05) is 5.01 Å². The number of nitrogens with zero attached hydrogens (tertiary/aromatic N) is 1. The highest BCUT2D eigenvalue weighted by Crippen LogP contribution is 2.27. The summed E-state index contributed by atoms with van der Waals surface area (Å²) in [6.45, 7) is 5.18. The average molecular weight is 425 g/mol. The molecule has 0 fully saturated rings. The standard InChI is InChI=1S/C23H24N2O4S/c1-23(2,3)29-22(28)25(24-21(27)18-8-6-16(15-26)7-9-18)19-12-10-17(11-13-19)20-5-4-14-30-20/h4-14,26H,15H2,1-3H3,(H,24,27). The van der Waals surface area contributed by atoms with Gasteiger partial charge in [0.1, 0.15) is 5.60 Å². The number of nitrogens with one attached hydrogen (secondary N) is 1.